The van der Waals surface area contributed by atoms with Crippen LogP contribution in [0.3, 0.4) is 0 Å². The summed E-state index contributed by atoms with van der Waals surface area (Å²) < 4.78 is 3.00. The molecule has 0 aliphatic carbocycles. The Bertz CT molecular complexity index is 606. The maximum atomic E-state index is 4.51. The van der Waals surface area contributed by atoms with Crippen molar-refractivity contribution in [3.63, 3.8) is 0 Å². The van der Waals surface area contributed by atoms with Crippen molar-refractivity contribution in [2.24, 2.45) is 7.05 Å². The lowest BCUT2D eigenvalue weighted by Crippen LogP contribution is -2.33. The van der Waals surface area contributed by atoms with Gasteiger partial charge >= 0.3 is 0 Å². The Labute approximate surface area is 135 Å². The van der Waals surface area contributed by atoms with Gasteiger partial charge in [-0.25, -0.2) is 0 Å². The van der Waals surface area contributed by atoms with E-state index in [1.807, 2.05) is 24.1 Å². The third kappa shape index (κ3) is 4.14. The normalized spacial score (nSPS) is 12.6. The molecule has 0 saturated heterocycles. The van der Waals surface area contributed by atoms with Crippen molar-refractivity contribution < 1.29 is 0 Å². The largest absolute Gasteiger partial charge is 0.314 e. The van der Waals surface area contributed by atoms with Gasteiger partial charge in [-0.05, 0) is 66.4 Å². The van der Waals surface area contributed by atoms with Crippen molar-refractivity contribution in [1.29, 1.82) is 0 Å². The molecule has 2 rings (SSSR count). The lowest BCUT2D eigenvalue weighted by molar-refractivity contribution is 0.518. The van der Waals surface area contributed by atoms with Crippen molar-refractivity contribution in [3.8, 4) is 0 Å². The average molecular weight is 351 g/mol. The highest BCUT2D eigenvalue weighted by Crippen LogP contribution is 2.17. The van der Waals surface area contributed by atoms with Crippen LogP contribution in [0.4, 0.5) is 0 Å². The fourth-order valence-electron chi connectivity index (χ4n) is 2.72. The highest BCUT2D eigenvalue weighted by atomic mass is 79.9. The molecule has 0 aliphatic heterocycles. The zero-order valence-corrected chi connectivity index (χ0v) is 14.7. The molecule has 1 atom stereocenters. The molecule has 0 fully saturated rings. The summed E-state index contributed by atoms with van der Waals surface area (Å²) in [5, 5.41) is 8.10. The molecule has 2 aromatic rings. The molecular formula is C16H23BrN4. The van der Waals surface area contributed by atoms with Gasteiger partial charge < -0.3 is 5.32 Å². The second-order valence-electron chi connectivity index (χ2n) is 5.45. The number of nitrogens with zero attached hydrogens (tertiary/aromatic N) is 3. The quantitative estimate of drug-likeness (QED) is 0.870. The smallest absolute Gasteiger partial charge is 0.0628 e. The summed E-state index contributed by atoms with van der Waals surface area (Å²) in [6.07, 6.45) is 5.72. The number of aromatic nitrogens is 3. The highest BCUT2D eigenvalue weighted by Gasteiger charge is 2.16. The first-order valence-corrected chi connectivity index (χ1v) is 8.12. The van der Waals surface area contributed by atoms with Gasteiger partial charge in [0.2, 0.25) is 0 Å². The summed E-state index contributed by atoms with van der Waals surface area (Å²) in [5.74, 6) is 0. The number of nitrogens with one attached hydrogen (secondary N) is 1. The van der Waals surface area contributed by atoms with E-state index in [4.69, 9.17) is 0 Å². The van der Waals surface area contributed by atoms with Crippen molar-refractivity contribution >= 4 is 15.9 Å². The third-order valence-corrected chi connectivity index (χ3v) is 4.28. The van der Waals surface area contributed by atoms with Crippen LogP contribution in [0, 0.1) is 13.8 Å². The zero-order chi connectivity index (χ0) is 15.4. The standard InChI is InChI=1S/C16H23BrN4/c1-5-19-15(7-13-6-14(17)10-18-9-13)8-16-11(2)20-21(4)12(16)3/h6,9-10,15,19H,5,7-8H2,1-4H3. The fraction of sp³-hybridized carbons (Fsp3) is 0.500. The van der Waals surface area contributed by atoms with Gasteiger partial charge in [0, 0.05) is 35.6 Å². The summed E-state index contributed by atoms with van der Waals surface area (Å²) in [6.45, 7) is 7.34. The lowest BCUT2D eigenvalue weighted by Gasteiger charge is -2.18. The highest BCUT2D eigenvalue weighted by molar-refractivity contribution is 9.10. The van der Waals surface area contributed by atoms with Crippen molar-refractivity contribution in [3.05, 3.63) is 45.4 Å². The maximum absolute atomic E-state index is 4.51. The Morgan fingerprint density at radius 1 is 1.29 bits per heavy atom. The van der Waals surface area contributed by atoms with E-state index in [9.17, 15) is 0 Å². The molecule has 0 amide bonds. The van der Waals surface area contributed by atoms with Gasteiger partial charge in [-0.15, -0.1) is 0 Å². The molecule has 2 heterocycles. The number of rotatable bonds is 6. The molecule has 2 aromatic heterocycles. The van der Waals surface area contributed by atoms with Gasteiger partial charge in [0.05, 0.1) is 5.69 Å². The minimum Gasteiger partial charge on any atom is -0.314 e. The van der Waals surface area contributed by atoms with E-state index in [-0.39, 0.29) is 0 Å². The molecule has 21 heavy (non-hydrogen) atoms. The zero-order valence-electron chi connectivity index (χ0n) is 13.2. The number of halogens is 1. The van der Waals surface area contributed by atoms with Crippen molar-refractivity contribution in [2.75, 3.05) is 6.54 Å². The molecule has 4 nitrogen and oxygen atoms in total. The number of hydrogen-bond donors (Lipinski definition) is 1. The van der Waals surface area contributed by atoms with Crippen molar-refractivity contribution in [1.82, 2.24) is 20.1 Å². The van der Waals surface area contributed by atoms with Gasteiger partial charge in [0.1, 0.15) is 0 Å². The number of pyridine rings is 1. The van der Waals surface area contributed by atoms with E-state index in [1.54, 1.807) is 0 Å². The molecule has 0 saturated carbocycles. The second-order valence-corrected chi connectivity index (χ2v) is 6.36. The first kappa shape index (κ1) is 16.2. The van der Waals surface area contributed by atoms with Crippen LogP contribution in [0.2, 0.25) is 0 Å². The van der Waals surface area contributed by atoms with Crippen LogP contribution < -0.4 is 5.32 Å². The van der Waals surface area contributed by atoms with E-state index < -0.39 is 0 Å². The first-order valence-electron chi connectivity index (χ1n) is 7.33. The molecule has 0 spiro atoms. The van der Waals surface area contributed by atoms with Gasteiger partial charge in [-0.1, -0.05) is 6.92 Å². The van der Waals surface area contributed by atoms with Crippen molar-refractivity contribution in [2.45, 2.75) is 39.7 Å². The predicted molar refractivity (Wildman–Crippen MR) is 89.5 cm³/mol. The van der Waals surface area contributed by atoms with Crippen LogP contribution in [0.15, 0.2) is 22.9 Å². The molecule has 0 aliphatic rings. The van der Waals surface area contributed by atoms with Gasteiger partial charge in [-0.2, -0.15) is 5.10 Å². The van der Waals surface area contributed by atoms with Gasteiger partial charge in [0.25, 0.3) is 0 Å². The minimum atomic E-state index is 0.396. The summed E-state index contributed by atoms with van der Waals surface area (Å²) in [6, 6.07) is 2.54. The SMILES string of the molecule is CCNC(Cc1cncc(Br)c1)Cc1c(C)nn(C)c1C. The number of aryl methyl sites for hydroxylation is 2. The Kier molecular flexibility index (Phi) is 5.53. The summed E-state index contributed by atoms with van der Waals surface area (Å²) in [4.78, 5) is 4.25. The predicted octanol–water partition coefficient (Wildman–Crippen LogP) is 2.96. The molecule has 1 N–H and O–H groups in total. The van der Waals surface area contributed by atoms with Crippen LogP contribution in [0.5, 0.6) is 0 Å². The molecule has 5 heteroatoms. The Balaban J connectivity index is 2.15. The van der Waals surface area contributed by atoms with E-state index in [0.29, 0.717) is 6.04 Å². The van der Waals surface area contributed by atoms with E-state index in [1.165, 1.54) is 16.8 Å². The minimum absolute atomic E-state index is 0.396. The molecule has 114 valence electrons. The lowest BCUT2D eigenvalue weighted by atomic mass is 9.98. The molecule has 0 aromatic carbocycles. The maximum Gasteiger partial charge on any atom is 0.0628 e. The van der Waals surface area contributed by atoms with Gasteiger partial charge in [0.15, 0.2) is 0 Å². The molecule has 0 bridgehead atoms. The van der Waals surface area contributed by atoms with Crippen LogP contribution in [-0.4, -0.2) is 27.4 Å². The first-order chi connectivity index (χ1) is 10.0. The molecule has 0 radical (unpaired) electrons. The van der Waals surface area contributed by atoms with E-state index in [0.717, 1.165) is 29.6 Å². The van der Waals surface area contributed by atoms with Crippen LogP contribution in [0.1, 0.15) is 29.4 Å². The molecule has 1 unspecified atom stereocenters. The van der Waals surface area contributed by atoms with Gasteiger partial charge in [-0.3, -0.25) is 9.67 Å². The fourth-order valence-corrected chi connectivity index (χ4v) is 3.13. The monoisotopic (exact) mass is 350 g/mol. The van der Waals surface area contributed by atoms with Crippen LogP contribution >= 0.6 is 15.9 Å². The third-order valence-electron chi connectivity index (χ3n) is 3.85. The Hall–Kier alpha value is -1.20. The number of likely N-dealkylation sites (N-methyl/N-ethyl adjacent to an activating group) is 1. The molecular weight excluding hydrogens is 328 g/mol. The van der Waals surface area contributed by atoms with Crippen LogP contribution in [-0.2, 0) is 19.9 Å². The van der Waals surface area contributed by atoms with Crippen LogP contribution in [0.25, 0.3) is 0 Å². The average Bonchev–Trinajstić information content (AvgIpc) is 2.66. The summed E-state index contributed by atoms with van der Waals surface area (Å²) in [5.41, 5.74) is 4.98. The topological polar surface area (TPSA) is 42.7 Å². The summed E-state index contributed by atoms with van der Waals surface area (Å²) >= 11 is 3.49. The Morgan fingerprint density at radius 3 is 2.62 bits per heavy atom. The van der Waals surface area contributed by atoms with E-state index in [2.05, 4.69) is 58.2 Å². The summed E-state index contributed by atoms with van der Waals surface area (Å²) in [7, 11) is 2.01. The second kappa shape index (κ2) is 7.18. The van der Waals surface area contributed by atoms with E-state index >= 15 is 0 Å². The number of hydrogen-bond acceptors (Lipinski definition) is 3. The Morgan fingerprint density at radius 2 is 2.05 bits per heavy atom.